The summed E-state index contributed by atoms with van der Waals surface area (Å²) in [5, 5.41) is 10.5. The Hall–Kier alpha value is -1.40. The summed E-state index contributed by atoms with van der Waals surface area (Å²) in [5.41, 5.74) is 2.77. The van der Waals surface area contributed by atoms with Gasteiger partial charge in [0.1, 0.15) is 5.51 Å². The van der Waals surface area contributed by atoms with Gasteiger partial charge in [-0.2, -0.15) is 0 Å². The third-order valence-corrected chi connectivity index (χ3v) is 4.56. The Morgan fingerprint density at radius 3 is 2.68 bits per heavy atom. The highest BCUT2D eigenvalue weighted by atomic mass is 32.2. The maximum absolute atomic E-state index is 12.1. The van der Waals surface area contributed by atoms with E-state index >= 15 is 0 Å². The van der Waals surface area contributed by atoms with E-state index in [4.69, 9.17) is 0 Å². The zero-order valence-corrected chi connectivity index (χ0v) is 12.4. The van der Waals surface area contributed by atoms with E-state index in [1.54, 1.807) is 5.51 Å². The summed E-state index contributed by atoms with van der Waals surface area (Å²) in [6.07, 6.45) is 0. The maximum Gasteiger partial charge on any atom is 0.233 e. The molecule has 0 radical (unpaired) electrons. The van der Waals surface area contributed by atoms with Gasteiger partial charge in [0.15, 0.2) is 4.34 Å². The second-order valence-corrected chi connectivity index (χ2v) is 6.53. The summed E-state index contributed by atoms with van der Waals surface area (Å²) in [5.74, 6) is 0.0107. The van der Waals surface area contributed by atoms with Crippen LogP contribution in [0.2, 0.25) is 0 Å². The number of amides is 1. The lowest BCUT2D eigenvalue weighted by atomic mass is 10.1. The third kappa shape index (κ3) is 4.04. The van der Waals surface area contributed by atoms with Crippen molar-refractivity contribution >= 4 is 29.0 Å². The lowest BCUT2D eigenvalue weighted by Gasteiger charge is -2.16. The van der Waals surface area contributed by atoms with Crippen LogP contribution in [0.4, 0.5) is 0 Å². The van der Waals surface area contributed by atoms with Crippen LogP contribution in [0, 0.1) is 0 Å². The number of thioether (sulfide) groups is 1. The molecule has 0 aliphatic heterocycles. The number of carbonyl (C=O) groups is 1. The zero-order chi connectivity index (χ0) is 13.7. The number of hydrogen-bond acceptors (Lipinski definition) is 5. The Kier molecular flexibility index (Phi) is 4.93. The second kappa shape index (κ2) is 6.68. The predicted octanol–water partition coefficient (Wildman–Crippen LogP) is 2.90. The highest BCUT2D eigenvalue weighted by Crippen LogP contribution is 2.24. The van der Waals surface area contributed by atoms with Gasteiger partial charge in [-0.3, -0.25) is 4.79 Å². The number of hydrogen-bond donors (Lipinski definition) is 1. The van der Waals surface area contributed by atoms with Gasteiger partial charge in [-0.15, -0.1) is 10.2 Å². The summed E-state index contributed by atoms with van der Waals surface area (Å²) in [7, 11) is 0. The van der Waals surface area contributed by atoms with Crippen LogP contribution in [0.1, 0.15) is 25.5 Å². The van der Waals surface area contributed by atoms with Crippen molar-refractivity contribution in [3.63, 3.8) is 0 Å². The molecule has 4 nitrogen and oxygen atoms in total. The van der Waals surface area contributed by atoms with Crippen LogP contribution in [0.15, 0.2) is 40.2 Å². The third-order valence-electron chi connectivity index (χ3n) is 2.65. The van der Waals surface area contributed by atoms with E-state index in [9.17, 15) is 4.79 Å². The fourth-order valence-corrected chi connectivity index (χ4v) is 3.21. The van der Waals surface area contributed by atoms with Crippen molar-refractivity contribution < 1.29 is 4.79 Å². The zero-order valence-electron chi connectivity index (χ0n) is 10.7. The van der Waals surface area contributed by atoms with Crippen LogP contribution < -0.4 is 5.32 Å². The van der Waals surface area contributed by atoms with E-state index in [0.717, 1.165) is 9.90 Å². The van der Waals surface area contributed by atoms with Gasteiger partial charge in [0.25, 0.3) is 0 Å². The largest absolute Gasteiger partial charge is 0.349 e. The first kappa shape index (κ1) is 14.0. The smallest absolute Gasteiger partial charge is 0.233 e. The lowest BCUT2D eigenvalue weighted by Crippen LogP contribution is -2.33. The summed E-state index contributed by atoms with van der Waals surface area (Å²) >= 11 is 2.87. The van der Waals surface area contributed by atoms with E-state index in [0.29, 0.717) is 0 Å². The molecule has 2 rings (SSSR count). The SMILES string of the molecule is C[C@@H](Sc1nncs1)C(=O)N[C@H](C)c1ccccc1. The first-order valence-corrected chi connectivity index (χ1v) is 7.71. The van der Waals surface area contributed by atoms with Crippen LogP contribution in [0.25, 0.3) is 0 Å². The maximum atomic E-state index is 12.1. The molecule has 19 heavy (non-hydrogen) atoms. The molecule has 1 aromatic heterocycles. The summed E-state index contributed by atoms with van der Waals surface area (Å²) in [6.45, 7) is 3.86. The normalized spacial score (nSPS) is 13.8. The number of nitrogens with one attached hydrogen (secondary N) is 1. The molecule has 1 amide bonds. The molecular weight excluding hydrogens is 278 g/mol. The Bertz CT molecular complexity index is 516. The summed E-state index contributed by atoms with van der Waals surface area (Å²) in [6, 6.07) is 9.92. The minimum Gasteiger partial charge on any atom is -0.349 e. The van der Waals surface area contributed by atoms with Crippen LogP contribution in [0.5, 0.6) is 0 Å². The molecule has 0 fully saturated rings. The molecule has 0 saturated carbocycles. The van der Waals surface area contributed by atoms with Gasteiger partial charge >= 0.3 is 0 Å². The number of nitrogens with zero attached hydrogens (tertiary/aromatic N) is 2. The molecule has 0 aliphatic rings. The molecule has 0 bridgehead atoms. The summed E-state index contributed by atoms with van der Waals surface area (Å²) in [4.78, 5) is 12.1. The molecule has 6 heteroatoms. The van der Waals surface area contributed by atoms with Gasteiger partial charge in [-0.05, 0) is 19.4 Å². The minimum atomic E-state index is -0.181. The van der Waals surface area contributed by atoms with E-state index in [2.05, 4.69) is 15.5 Å². The second-order valence-electron chi connectivity index (χ2n) is 4.11. The first-order chi connectivity index (χ1) is 9.16. The standard InChI is InChI=1S/C13H15N3OS2/c1-9(11-6-4-3-5-7-11)15-12(17)10(2)19-13-16-14-8-18-13/h3-10H,1-2H3,(H,15,17)/t9-,10-/m1/s1. The van der Waals surface area contributed by atoms with Crippen molar-refractivity contribution in [3.8, 4) is 0 Å². The van der Waals surface area contributed by atoms with Crippen molar-refractivity contribution in [1.82, 2.24) is 15.5 Å². The lowest BCUT2D eigenvalue weighted by molar-refractivity contribution is -0.120. The highest BCUT2D eigenvalue weighted by Gasteiger charge is 2.18. The molecule has 100 valence electrons. The van der Waals surface area contributed by atoms with Crippen LogP contribution in [-0.2, 0) is 4.79 Å². The minimum absolute atomic E-state index is 0.00571. The Morgan fingerprint density at radius 1 is 1.32 bits per heavy atom. The molecule has 1 heterocycles. The van der Waals surface area contributed by atoms with Crippen LogP contribution in [0.3, 0.4) is 0 Å². The van der Waals surface area contributed by atoms with Crippen LogP contribution in [-0.4, -0.2) is 21.4 Å². The van der Waals surface area contributed by atoms with Crippen molar-refractivity contribution in [3.05, 3.63) is 41.4 Å². The number of rotatable bonds is 5. The fraction of sp³-hybridized carbons (Fsp3) is 0.308. The van der Waals surface area contributed by atoms with Crippen molar-refractivity contribution in [2.45, 2.75) is 29.5 Å². The van der Waals surface area contributed by atoms with Crippen molar-refractivity contribution in [2.24, 2.45) is 0 Å². The molecule has 0 spiro atoms. The monoisotopic (exact) mass is 293 g/mol. The highest BCUT2D eigenvalue weighted by molar-refractivity contribution is 8.02. The summed E-state index contributed by atoms with van der Waals surface area (Å²) < 4.78 is 0.815. The Labute approximate surface area is 120 Å². The average molecular weight is 293 g/mol. The Balaban J connectivity index is 1.90. The molecule has 1 aromatic carbocycles. The molecule has 1 N–H and O–H groups in total. The van der Waals surface area contributed by atoms with E-state index in [1.165, 1.54) is 23.1 Å². The van der Waals surface area contributed by atoms with Gasteiger partial charge in [-0.25, -0.2) is 0 Å². The topological polar surface area (TPSA) is 54.9 Å². The van der Waals surface area contributed by atoms with E-state index < -0.39 is 0 Å². The van der Waals surface area contributed by atoms with E-state index in [1.807, 2.05) is 44.2 Å². The van der Waals surface area contributed by atoms with Gasteiger partial charge in [0.05, 0.1) is 11.3 Å². The fourth-order valence-electron chi connectivity index (χ4n) is 1.57. The van der Waals surface area contributed by atoms with E-state index in [-0.39, 0.29) is 17.2 Å². The van der Waals surface area contributed by atoms with Gasteiger partial charge < -0.3 is 5.32 Å². The van der Waals surface area contributed by atoms with Crippen LogP contribution >= 0.6 is 23.1 Å². The number of benzene rings is 1. The molecule has 0 aliphatic carbocycles. The number of carbonyl (C=O) groups excluding carboxylic acids is 1. The first-order valence-electron chi connectivity index (χ1n) is 5.95. The number of aromatic nitrogens is 2. The molecule has 0 unspecified atom stereocenters. The van der Waals surface area contributed by atoms with Crippen molar-refractivity contribution in [1.29, 1.82) is 0 Å². The average Bonchev–Trinajstić information content (AvgIpc) is 2.92. The molecule has 2 aromatic rings. The molecular formula is C13H15N3OS2. The molecule has 0 saturated heterocycles. The molecule has 2 atom stereocenters. The predicted molar refractivity (Wildman–Crippen MR) is 78.2 cm³/mol. The Morgan fingerprint density at radius 2 is 2.05 bits per heavy atom. The van der Waals surface area contributed by atoms with Gasteiger partial charge in [0.2, 0.25) is 5.91 Å². The van der Waals surface area contributed by atoms with Gasteiger partial charge in [-0.1, -0.05) is 53.4 Å². The van der Waals surface area contributed by atoms with Crippen molar-refractivity contribution in [2.75, 3.05) is 0 Å². The van der Waals surface area contributed by atoms with Gasteiger partial charge in [0, 0.05) is 0 Å². The quantitative estimate of drug-likeness (QED) is 0.861.